The maximum atomic E-state index is 12.4. The van der Waals surface area contributed by atoms with Crippen LogP contribution in [-0.2, 0) is 23.4 Å². The van der Waals surface area contributed by atoms with Gasteiger partial charge in [0.25, 0.3) is 5.56 Å². The van der Waals surface area contributed by atoms with Crippen LogP contribution in [-0.4, -0.2) is 21.0 Å². The van der Waals surface area contributed by atoms with Gasteiger partial charge < -0.3 is 5.32 Å². The van der Waals surface area contributed by atoms with Crippen molar-refractivity contribution in [2.45, 2.75) is 39.4 Å². The minimum absolute atomic E-state index is 0.0336. The number of nitrogens with zero attached hydrogens (tertiary/aromatic N) is 2. The molecular weight excluding hydrogens is 370 g/mol. The Bertz CT molecular complexity index is 1040. The average molecular weight is 396 g/mol. The van der Waals surface area contributed by atoms with Crippen LogP contribution in [0.3, 0.4) is 0 Å². The van der Waals surface area contributed by atoms with E-state index in [0.29, 0.717) is 22.8 Å². The Balaban J connectivity index is 1.64. The van der Waals surface area contributed by atoms with Crippen molar-refractivity contribution < 1.29 is 4.79 Å². The fraction of sp³-hybridized carbons (Fsp3) is 0.318. The Labute approximate surface area is 169 Å². The number of anilines is 1. The largest absolute Gasteiger partial charge is 0.325 e. The molecule has 0 spiro atoms. The molecule has 0 fully saturated rings. The predicted octanol–water partition coefficient (Wildman–Crippen LogP) is 4.00. The molecule has 0 bridgehead atoms. The molecule has 1 N–H and O–H groups in total. The minimum Gasteiger partial charge on any atom is -0.325 e. The van der Waals surface area contributed by atoms with Crippen molar-refractivity contribution >= 4 is 29.0 Å². The number of pyridine rings is 1. The first kappa shape index (κ1) is 20.1. The van der Waals surface area contributed by atoms with E-state index in [1.54, 1.807) is 16.7 Å². The second-order valence-electron chi connectivity index (χ2n) is 6.72. The van der Waals surface area contributed by atoms with Crippen LogP contribution >= 0.6 is 11.8 Å². The van der Waals surface area contributed by atoms with Crippen molar-refractivity contribution in [1.82, 2.24) is 9.38 Å². The highest BCUT2D eigenvalue weighted by Crippen LogP contribution is 2.23. The summed E-state index contributed by atoms with van der Waals surface area (Å²) in [7, 11) is 0. The van der Waals surface area contributed by atoms with Gasteiger partial charge >= 0.3 is 0 Å². The predicted molar refractivity (Wildman–Crippen MR) is 116 cm³/mol. The third kappa shape index (κ3) is 4.62. The number of hydrogen-bond acceptors (Lipinski definition) is 4. The minimum atomic E-state index is -0.0989. The highest BCUT2D eigenvalue weighted by molar-refractivity contribution is 7.99. The molecular formula is C22H25N3O2S. The molecule has 0 aliphatic rings. The molecule has 0 saturated heterocycles. The van der Waals surface area contributed by atoms with Gasteiger partial charge in [0, 0.05) is 23.7 Å². The van der Waals surface area contributed by atoms with Gasteiger partial charge in [-0.2, -0.15) is 0 Å². The smallest absolute Gasteiger partial charge is 0.258 e. The van der Waals surface area contributed by atoms with Gasteiger partial charge in [0.2, 0.25) is 5.91 Å². The summed E-state index contributed by atoms with van der Waals surface area (Å²) in [5, 5.41) is 3.07. The second-order valence-corrected chi connectivity index (χ2v) is 7.71. The molecule has 2 heterocycles. The third-order valence-corrected chi connectivity index (χ3v) is 5.57. The van der Waals surface area contributed by atoms with Crippen molar-refractivity contribution in [2.75, 3.05) is 11.1 Å². The van der Waals surface area contributed by atoms with Gasteiger partial charge in [-0.05, 0) is 42.5 Å². The van der Waals surface area contributed by atoms with E-state index in [-0.39, 0.29) is 11.5 Å². The van der Waals surface area contributed by atoms with Crippen molar-refractivity contribution in [3.63, 3.8) is 0 Å². The van der Waals surface area contributed by atoms with E-state index in [0.717, 1.165) is 35.2 Å². The van der Waals surface area contributed by atoms with Gasteiger partial charge in [0.1, 0.15) is 5.65 Å². The number of fused-ring (bicyclic) bond motifs is 1. The maximum absolute atomic E-state index is 12.4. The van der Waals surface area contributed by atoms with Crippen LogP contribution < -0.4 is 10.9 Å². The molecule has 6 heteroatoms. The third-order valence-electron chi connectivity index (χ3n) is 4.61. The Morgan fingerprint density at radius 3 is 2.54 bits per heavy atom. The van der Waals surface area contributed by atoms with Crippen LogP contribution in [0.15, 0.2) is 47.4 Å². The highest BCUT2D eigenvalue weighted by Gasteiger charge is 2.11. The van der Waals surface area contributed by atoms with Crippen molar-refractivity contribution in [3.05, 3.63) is 75.3 Å². The number of thioether (sulfide) groups is 1. The molecule has 0 radical (unpaired) electrons. The van der Waals surface area contributed by atoms with Gasteiger partial charge in [0.15, 0.2) is 0 Å². The Hall–Kier alpha value is -2.60. The molecule has 3 aromatic rings. The zero-order chi connectivity index (χ0) is 20.1. The molecule has 0 saturated carbocycles. The molecule has 1 aromatic carbocycles. The quantitative estimate of drug-likeness (QED) is 0.657. The van der Waals surface area contributed by atoms with Crippen molar-refractivity contribution in [3.8, 4) is 0 Å². The van der Waals surface area contributed by atoms with E-state index >= 15 is 0 Å². The number of carbonyl (C=O) groups is 1. The molecule has 0 aliphatic heterocycles. The van der Waals surface area contributed by atoms with Crippen LogP contribution in [0.2, 0.25) is 0 Å². The first-order chi connectivity index (χ1) is 13.5. The summed E-state index contributed by atoms with van der Waals surface area (Å²) >= 11 is 1.46. The summed E-state index contributed by atoms with van der Waals surface area (Å²) < 4.78 is 1.55. The number of hydrogen-bond donors (Lipinski definition) is 1. The normalized spacial score (nSPS) is 11.0. The summed E-state index contributed by atoms with van der Waals surface area (Å²) in [5.74, 6) is 0.799. The van der Waals surface area contributed by atoms with E-state index in [1.807, 2.05) is 25.1 Å². The van der Waals surface area contributed by atoms with Crippen LogP contribution in [0.4, 0.5) is 5.69 Å². The maximum Gasteiger partial charge on any atom is 0.258 e. The molecule has 2 aromatic heterocycles. The van der Waals surface area contributed by atoms with E-state index in [9.17, 15) is 9.59 Å². The fourth-order valence-electron chi connectivity index (χ4n) is 3.16. The number of aromatic nitrogens is 2. The number of nitrogens with one attached hydrogen (secondary N) is 1. The second kappa shape index (κ2) is 9.06. The Morgan fingerprint density at radius 2 is 1.86 bits per heavy atom. The molecule has 146 valence electrons. The van der Waals surface area contributed by atoms with Gasteiger partial charge in [-0.15, -0.1) is 11.8 Å². The first-order valence-electron chi connectivity index (χ1n) is 9.49. The first-order valence-corrected chi connectivity index (χ1v) is 10.6. The van der Waals surface area contributed by atoms with Crippen LogP contribution in [0, 0.1) is 6.92 Å². The number of rotatable bonds is 7. The molecule has 5 nitrogen and oxygen atoms in total. The molecule has 3 rings (SSSR count). The van der Waals surface area contributed by atoms with E-state index in [1.165, 1.54) is 11.8 Å². The fourth-order valence-corrected chi connectivity index (χ4v) is 3.88. The number of benzene rings is 1. The summed E-state index contributed by atoms with van der Waals surface area (Å²) in [4.78, 5) is 29.2. The lowest BCUT2D eigenvalue weighted by Crippen LogP contribution is -2.18. The van der Waals surface area contributed by atoms with Crippen LogP contribution in [0.5, 0.6) is 0 Å². The lowest BCUT2D eigenvalue weighted by molar-refractivity contribution is -0.113. The summed E-state index contributed by atoms with van der Waals surface area (Å²) in [6, 6.07) is 11.5. The van der Waals surface area contributed by atoms with Crippen molar-refractivity contribution in [2.24, 2.45) is 0 Å². The highest BCUT2D eigenvalue weighted by atomic mass is 32.2. The van der Waals surface area contributed by atoms with Crippen LogP contribution in [0.1, 0.15) is 36.2 Å². The summed E-state index contributed by atoms with van der Waals surface area (Å²) in [6.45, 7) is 6.12. The van der Waals surface area contributed by atoms with Gasteiger partial charge in [-0.25, -0.2) is 4.98 Å². The zero-order valence-corrected chi connectivity index (χ0v) is 17.3. The summed E-state index contributed by atoms with van der Waals surface area (Å²) in [5.41, 5.74) is 5.47. The number of para-hydroxylation sites is 1. The number of aryl methyl sites for hydroxylation is 3. The Kier molecular flexibility index (Phi) is 6.52. The topological polar surface area (TPSA) is 63.5 Å². The lowest BCUT2D eigenvalue weighted by atomic mass is 10.0. The number of carbonyl (C=O) groups excluding carboxylic acids is 1. The van der Waals surface area contributed by atoms with Crippen LogP contribution in [0.25, 0.3) is 5.65 Å². The van der Waals surface area contributed by atoms with Crippen molar-refractivity contribution in [1.29, 1.82) is 0 Å². The average Bonchev–Trinajstić information content (AvgIpc) is 2.68. The summed E-state index contributed by atoms with van der Waals surface area (Å²) in [6.07, 6.45) is 3.54. The monoisotopic (exact) mass is 395 g/mol. The molecule has 0 aliphatic carbocycles. The number of amides is 1. The molecule has 0 unspecified atom stereocenters. The van der Waals surface area contributed by atoms with Gasteiger partial charge in [-0.1, -0.05) is 38.1 Å². The standard InChI is InChI=1S/C22H25N3O2S/c1-4-16-7-6-8-17(5-2)22(16)24-20(26)14-28-13-18-11-21(27)25-12-15(3)9-10-19(25)23-18/h6-12H,4-5,13-14H2,1-3H3,(H,24,26). The molecule has 0 atom stereocenters. The SMILES string of the molecule is CCc1cccc(CC)c1NC(=O)CSCc1cc(=O)n2cc(C)ccc2n1. The van der Waals surface area contributed by atoms with E-state index < -0.39 is 0 Å². The molecule has 1 amide bonds. The van der Waals surface area contributed by atoms with Gasteiger partial charge in [0.05, 0.1) is 11.4 Å². The lowest BCUT2D eigenvalue weighted by Gasteiger charge is -2.14. The molecule has 28 heavy (non-hydrogen) atoms. The van der Waals surface area contributed by atoms with E-state index in [2.05, 4.69) is 36.3 Å². The van der Waals surface area contributed by atoms with Gasteiger partial charge in [-0.3, -0.25) is 14.0 Å². The van der Waals surface area contributed by atoms with E-state index in [4.69, 9.17) is 0 Å². The zero-order valence-electron chi connectivity index (χ0n) is 16.5. The Morgan fingerprint density at radius 1 is 1.14 bits per heavy atom.